The molecule has 2 saturated carbocycles. The minimum atomic E-state index is 0.624. The van der Waals surface area contributed by atoms with Crippen LogP contribution in [0.1, 0.15) is 64.7 Å². The van der Waals surface area contributed by atoms with Crippen LogP contribution in [0.5, 0.6) is 0 Å². The summed E-state index contributed by atoms with van der Waals surface area (Å²) in [4.78, 5) is 0. The van der Waals surface area contributed by atoms with Crippen molar-refractivity contribution in [1.82, 2.24) is 0 Å². The Kier molecular flexibility index (Phi) is 2.62. The lowest BCUT2D eigenvalue weighted by molar-refractivity contribution is 0.0423. The van der Waals surface area contributed by atoms with Gasteiger partial charge in [-0.15, -0.1) is 0 Å². The van der Waals surface area contributed by atoms with Crippen molar-refractivity contribution in [3.05, 3.63) is 23.0 Å². The highest BCUT2D eigenvalue weighted by molar-refractivity contribution is 5.32. The highest BCUT2D eigenvalue weighted by atomic mass is 16.3. The molecule has 4 aliphatic carbocycles. The summed E-state index contributed by atoms with van der Waals surface area (Å²) in [6.07, 6.45) is 14.0. The van der Waals surface area contributed by atoms with Crippen LogP contribution in [-0.4, -0.2) is 5.11 Å². The zero-order valence-electron chi connectivity index (χ0n) is 12.1. The van der Waals surface area contributed by atoms with Gasteiger partial charge >= 0.3 is 0 Å². The van der Waals surface area contributed by atoms with Gasteiger partial charge in [0.1, 0.15) is 0 Å². The molecule has 0 aromatic carbocycles. The van der Waals surface area contributed by atoms with Gasteiger partial charge in [0, 0.05) is 6.42 Å². The molecule has 0 spiro atoms. The molecule has 4 atom stereocenters. The number of fused-ring (bicyclic) bond motifs is 4. The molecule has 0 amide bonds. The number of aliphatic hydroxyl groups excluding tert-OH is 1. The summed E-state index contributed by atoms with van der Waals surface area (Å²) in [6.45, 7) is 2.57. The van der Waals surface area contributed by atoms with E-state index in [0.29, 0.717) is 11.2 Å². The second kappa shape index (κ2) is 4.14. The Bertz CT molecular complexity index is 458. The van der Waals surface area contributed by atoms with Gasteiger partial charge in [-0.1, -0.05) is 24.5 Å². The Morgan fingerprint density at radius 1 is 1.21 bits per heavy atom. The van der Waals surface area contributed by atoms with E-state index in [1.165, 1.54) is 44.9 Å². The van der Waals surface area contributed by atoms with E-state index in [0.717, 1.165) is 30.6 Å². The van der Waals surface area contributed by atoms with Crippen molar-refractivity contribution in [1.29, 1.82) is 0 Å². The third-order valence-corrected chi connectivity index (χ3v) is 6.85. The summed E-state index contributed by atoms with van der Waals surface area (Å²) in [6, 6.07) is 0. The first-order valence-electron chi connectivity index (χ1n) is 8.26. The maximum absolute atomic E-state index is 9.76. The lowest BCUT2D eigenvalue weighted by atomic mass is 9.55. The topological polar surface area (TPSA) is 20.2 Å². The maximum atomic E-state index is 9.76. The van der Waals surface area contributed by atoms with Crippen LogP contribution in [0.4, 0.5) is 0 Å². The van der Waals surface area contributed by atoms with E-state index in [4.69, 9.17) is 0 Å². The second-order valence-electron chi connectivity index (χ2n) is 7.71. The molecule has 0 aromatic heterocycles. The molecule has 0 aromatic rings. The van der Waals surface area contributed by atoms with Crippen LogP contribution in [0.25, 0.3) is 0 Å². The highest BCUT2D eigenvalue weighted by Crippen LogP contribution is 2.60. The van der Waals surface area contributed by atoms with Gasteiger partial charge in [-0.2, -0.15) is 0 Å². The lowest BCUT2D eigenvalue weighted by Crippen LogP contribution is -2.41. The first-order chi connectivity index (χ1) is 9.17. The van der Waals surface area contributed by atoms with Crippen LogP contribution in [0.15, 0.2) is 23.0 Å². The molecular weight excluding hydrogens is 232 g/mol. The van der Waals surface area contributed by atoms with Gasteiger partial charge in [-0.05, 0) is 74.2 Å². The van der Waals surface area contributed by atoms with E-state index in [1.54, 1.807) is 11.1 Å². The fraction of sp³-hybridized carbons (Fsp3) is 0.778. The number of hydrogen-bond acceptors (Lipinski definition) is 1. The molecule has 4 rings (SSSR count). The average Bonchev–Trinajstić information content (AvgIpc) is 2.79. The molecule has 0 bridgehead atoms. The van der Waals surface area contributed by atoms with Crippen molar-refractivity contribution in [2.45, 2.75) is 64.7 Å². The molecule has 0 radical (unpaired) electrons. The van der Waals surface area contributed by atoms with Gasteiger partial charge in [-0.25, -0.2) is 0 Å². The first-order valence-corrected chi connectivity index (χ1v) is 8.26. The molecule has 0 aliphatic heterocycles. The van der Waals surface area contributed by atoms with Crippen molar-refractivity contribution in [3.63, 3.8) is 0 Å². The van der Waals surface area contributed by atoms with Gasteiger partial charge in [0.15, 0.2) is 0 Å². The van der Waals surface area contributed by atoms with E-state index < -0.39 is 0 Å². The molecule has 104 valence electrons. The van der Waals surface area contributed by atoms with Gasteiger partial charge in [0.2, 0.25) is 0 Å². The average molecular weight is 258 g/mol. The Morgan fingerprint density at radius 3 is 3.00 bits per heavy atom. The Hall–Kier alpha value is -0.720. The van der Waals surface area contributed by atoms with Crippen molar-refractivity contribution < 1.29 is 5.11 Å². The summed E-state index contributed by atoms with van der Waals surface area (Å²) in [5, 5.41) is 9.76. The Balaban J connectivity index is 1.64. The molecule has 0 heterocycles. The Morgan fingerprint density at radius 2 is 2.11 bits per heavy atom. The molecule has 1 N–H and O–H groups in total. The van der Waals surface area contributed by atoms with Gasteiger partial charge < -0.3 is 5.11 Å². The standard InChI is InChI=1S/C18H26O/c1-18-9-2-3-17(18)16-6-4-12-11-13(19)5-7-14(12)15(16)8-10-18/h5,15-17,19H,2-4,6-11H2,1H3/t15?,16?,17?,18-/m0/s1. The highest BCUT2D eigenvalue weighted by Gasteiger charge is 2.50. The van der Waals surface area contributed by atoms with E-state index in [9.17, 15) is 5.11 Å². The monoisotopic (exact) mass is 258 g/mol. The van der Waals surface area contributed by atoms with Gasteiger partial charge in [-0.3, -0.25) is 0 Å². The molecule has 0 saturated heterocycles. The predicted octanol–water partition coefficient (Wildman–Crippen LogP) is 5.15. The van der Waals surface area contributed by atoms with Crippen LogP contribution in [-0.2, 0) is 0 Å². The van der Waals surface area contributed by atoms with E-state index in [1.807, 2.05) is 0 Å². The number of hydrogen-bond donors (Lipinski definition) is 1. The third kappa shape index (κ3) is 1.73. The minimum absolute atomic E-state index is 0.624. The zero-order chi connectivity index (χ0) is 13.0. The number of rotatable bonds is 0. The maximum Gasteiger partial charge on any atom is 0.0926 e. The van der Waals surface area contributed by atoms with Gasteiger partial charge in [0.05, 0.1) is 5.76 Å². The van der Waals surface area contributed by atoms with Crippen LogP contribution in [0.2, 0.25) is 0 Å². The second-order valence-corrected chi connectivity index (χ2v) is 7.71. The smallest absolute Gasteiger partial charge is 0.0926 e. The van der Waals surface area contributed by atoms with E-state index in [2.05, 4.69) is 13.0 Å². The Labute approximate surface area is 116 Å². The summed E-state index contributed by atoms with van der Waals surface area (Å²) in [5.74, 6) is 3.46. The zero-order valence-corrected chi connectivity index (χ0v) is 12.1. The summed E-state index contributed by atoms with van der Waals surface area (Å²) < 4.78 is 0. The van der Waals surface area contributed by atoms with Crippen LogP contribution < -0.4 is 0 Å². The molecule has 1 heteroatoms. The first kappa shape index (κ1) is 12.1. The van der Waals surface area contributed by atoms with E-state index >= 15 is 0 Å². The summed E-state index contributed by atoms with van der Waals surface area (Å²) >= 11 is 0. The molecule has 4 aliphatic rings. The van der Waals surface area contributed by atoms with Crippen LogP contribution >= 0.6 is 0 Å². The molecule has 19 heavy (non-hydrogen) atoms. The number of allylic oxidation sites excluding steroid dienone is 3. The lowest BCUT2D eigenvalue weighted by Gasteiger charge is -2.50. The van der Waals surface area contributed by atoms with Crippen molar-refractivity contribution in [2.75, 3.05) is 0 Å². The summed E-state index contributed by atoms with van der Waals surface area (Å²) in [7, 11) is 0. The molecule has 3 unspecified atom stereocenters. The van der Waals surface area contributed by atoms with Crippen LogP contribution in [0.3, 0.4) is 0 Å². The van der Waals surface area contributed by atoms with E-state index in [-0.39, 0.29) is 0 Å². The summed E-state index contributed by atoms with van der Waals surface area (Å²) in [5.41, 5.74) is 4.01. The quantitative estimate of drug-likeness (QED) is 0.596. The number of aliphatic hydroxyl groups is 1. The SMILES string of the molecule is C[C@@]12CCCC1C1CCC3=C(CC=C(O)C3)C1CC2. The molecule has 1 nitrogen and oxygen atoms in total. The fourth-order valence-electron chi connectivity index (χ4n) is 5.90. The van der Waals surface area contributed by atoms with Crippen molar-refractivity contribution >= 4 is 0 Å². The van der Waals surface area contributed by atoms with Crippen LogP contribution in [0, 0.1) is 23.2 Å². The van der Waals surface area contributed by atoms with Crippen molar-refractivity contribution in [2.24, 2.45) is 23.2 Å². The van der Waals surface area contributed by atoms with Crippen molar-refractivity contribution in [3.8, 4) is 0 Å². The normalized spacial score (nSPS) is 45.3. The van der Waals surface area contributed by atoms with Gasteiger partial charge in [0.25, 0.3) is 0 Å². The predicted molar refractivity (Wildman–Crippen MR) is 77.9 cm³/mol. The molecule has 2 fully saturated rings. The third-order valence-electron chi connectivity index (χ3n) is 6.85. The largest absolute Gasteiger partial charge is 0.512 e. The molecular formula is C18H26O. The fourth-order valence-corrected chi connectivity index (χ4v) is 5.90. The minimum Gasteiger partial charge on any atom is -0.512 e.